The van der Waals surface area contributed by atoms with Gasteiger partial charge in [-0.3, -0.25) is 14.9 Å². The number of carbonyl (C=O) groups is 1. The number of benzene rings is 1. The summed E-state index contributed by atoms with van der Waals surface area (Å²) in [5.74, 6) is -0.778. The minimum absolute atomic E-state index is 0. The van der Waals surface area contributed by atoms with Crippen LogP contribution >= 0.6 is 12.4 Å². The third-order valence-electron chi connectivity index (χ3n) is 3.69. The Labute approximate surface area is 134 Å². The first kappa shape index (κ1) is 18.3. The van der Waals surface area contributed by atoms with Crippen molar-refractivity contribution in [2.45, 2.75) is 12.8 Å². The van der Waals surface area contributed by atoms with Gasteiger partial charge in [-0.2, -0.15) is 0 Å². The van der Waals surface area contributed by atoms with E-state index >= 15 is 0 Å². The van der Waals surface area contributed by atoms with Gasteiger partial charge in [-0.1, -0.05) is 0 Å². The molecule has 22 heavy (non-hydrogen) atoms. The molecule has 0 spiro atoms. The van der Waals surface area contributed by atoms with Crippen molar-refractivity contribution >= 4 is 24.0 Å². The van der Waals surface area contributed by atoms with E-state index in [4.69, 9.17) is 0 Å². The monoisotopic (exact) mass is 331 g/mol. The first-order chi connectivity index (χ1) is 10.0. The second-order valence-electron chi connectivity index (χ2n) is 5.24. The number of nitro groups is 1. The van der Waals surface area contributed by atoms with Gasteiger partial charge in [-0.05, 0) is 44.5 Å². The largest absolute Gasteiger partial charge is 0.338 e. The molecule has 6 nitrogen and oxygen atoms in total. The fraction of sp³-hybridized carbons (Fsp3) is 0.500. The molecule has 1 aliphatic rings. The molecule has 0 aliphatic carbocycles. The van der Waals surface area contributed by atoms with Crippen molar-refractivity contribution in [3.63, 3.8) is 0 Å². The van der Waals surface area contributed by atoms with Crippen LogP contribution in [0.15, 0.2) is 18.2 Å². The molecule has 0 bridgehead atoms. The highest BCUT2D eigenvalue weighted by Crippen LogP contribution is 2.24. The van der Waals surface area contributed by atoms with Crippen molar-refractivity contribution in [2.24, 2.45) is 5.92 Å². The minimum atomic E-state index is -0.718. The minimum Gasteiger partial charge on any atom is -0.338 e. The average molecular weight is 332 g/mol. The molecule has 0 radical (unpaired) electrons. The number of hydrogen-bond donors (Lipinski definition) is 1. The Kier molecular flexibility index (Phi) is 6.70. The number of nitro benzene ring substituents is 1. The summed E-state index contributed by atoms with van der Waals surface area (Å²) in [4.78, 5) is 24.4. The lowest BCUT2D eigenvalue weighted by atomic mass is 9.97. The molecule has 8 heteroatoms. The standard InChI is InChI=1S/C14H18FN3O3.ClH/c1-16-8-10-3-2-6-17(9-10)14(19)12-5-4-11(15)7-13(12)18(20)21;/h4-5,7,10,16H,2-3,6,8-9H2,1H3;1H. The zero-order valence-corrected chi connectivity index (χ0v) is 13.1. The molecule has 1 unspecified atom stereocenters. The number of hydrogen-bond acceptors (Lipinski definition) is 4. The second kappa shape index (κ2) is 8.05. The fourth-order valence-corrected chi connectivity index (χ4v) is 2.71. The molecule has 1 N–H and O–H groups in total. The summed E-state index contributed by atoms with van der Waals surface area (Å²) in [6.45, 7) is 1.94. The quantitative estimate of drug-likeness (QED) is 0.678. The van der Waals surface area contributed by atoms with Crippen molar-refractivity contribution in [1.29, 1.82) is 0 Å². The first-order valence-electron chi connectivity index (χ1n) is 6.90. The summed E-state index contributed by atoms with van der Waals surface area (Å²) in [7, 11) is 1.85. The van der Waals surface area contributed by atoms with E-state index in [0.717, 1.165) is 31.5 Å². The maximum atomic E-state index is 13.1. The van der Waals surface area contributed by atoms with Crippen LogP contribution < -0.4 is 5.32 Å². The smallest absolute Gasteiger partial charge is 0.285 e. The normalized spacial score (nSPS) is 17.7. The number of rotatable bonds is 4. The van der Waals surface area contributed by atoms with Gasteiger partial charge in [0.05, 0.1) is 11.0 Å². The van der Waals surface area contributed by atoms with Gasteiger partial charge in [-0.25, -0.2) is 4.39 Å². The molecule has 1 aromatic carbocycles. The molecular weight excluding hydrogens is 313 g/mol. The molecular formula is C14H19ClFN3O3. The van der Waals surface area contributed by atoms with E-state index < -0.39 is 22.3 Å². The first-order valence-corrected chi connectivity index (χ1v) is 6.90. The Morgan fingerprint density at radius 2 is 2.27 bits per heavy atom. The van der Waals surface area contributed by atoms with Crippen molar-refractivity contribution < 1.29 is 14.1 Å². The van der Waals surface area contributed by atoms with Crippen LogP contribution in [0.3, 0.4) is 0 Å². The Bertz CT molecular complexity index is 554. The van der Waals surface area contributed by atoms with E-state index in [9.17, 15) is 19.3 Å². The molecule has 1 saturated heterocycles. The van der Waals surface area contributed by atoms with E-state index in [-0.39, 0.29) is 18.0 Å². The molecule has 0 aromatic heterocycles. The highest BCUT2D eigenvalue weighted by Gasteiger charge is 2.28. The average Bonchev–Trinajstić information content (AvgIpc) is 2.47. The van der Waals surface area contributed by atoms with Crippen LogP contribution in [0.25, 0.3) is 0 Å². The summed E-state index contributed by atoms with van der Waals surface area (Å²) >= 11 is 0. The maximum absolute atomic E-state index is 13.1. The van der Waals surface area contributed by atoms with E-state index in [1.165, 1.54) is 6.07 Å². The Morgan fingerprint density at radius 1 is 1.55 bits per heavy atom. The summed E-state index contributed by atoms with van der Waals surface area (Å²) in [5, 5.41) is 14.1. The lowest BCUT2D eigenvalue weighted by Gasteiger charge is -2.32. The van der Waals surface area contributed by atoms with E-state index in [0.29, 0.717) is 19.0 Å². The molecule has 0 saturated carbocycles. The molecule has 2 rings (SSSR count). The lowest BCUT2D eigenvalue weighted by Crippen LogP contribution is -2.42. The zero-order chi connectivity index (χ0) is 15.4. The molecule has 1 amide bonds. The Hall–Kier alpha value is -1.73. The van der Waals surface area contributed by atoms with Crippen LogP contribution in [0.2, 0.25) is 0 Å². The molecule has 1 aromatic rings. The van der Waals surface area contributed by atoms with Gasteiger partial charge in [0.15, 0.2) is 0 Å². The van der Waals surface area contributed by atoms with Crippen LogP contribution in [-0.2, 0) is 0 Å². The van der Waals surface area contributed by atoms with Crippen molar-refractivity contribution in [3.8, 4) is 0 Å². The number of amides is 1. The number of nitrogens with zero attached hydrogens (tertiary/aromatic N) is 2. The molecule has 122 valence electrons. The van der Waals surface area contributed by atoms with Gasteiger partial charge >= 0.3 is 0 Å². The van der Waals surface area contributed by atoms with Crippen molar-refractivity contribution in [3.05, 3.63) is 39.7 Å². The highest BCUT2D eigenvalue weighted by molar-refractivity contribution is 5.98. The third-order valence-corrected chi connectivity index (χ3v) is 3.69. The topological polar surface area (TPSA) is 75.5 Å². The second-order valence-corrected chi connectivity index (χ2v) is 5.24. The highest BCUT2D eigenvalue weighted by atomic mass is 35.5. The predicted octanol–water partition coefficient (Wildman–Crippen LogP) is 2.23. The lowest BCUT2D eigenvalue weighted by molar-refractivity contribution is -0.385. The Morgan fingerprint density at radius 3 is 2.91 bits per heavy atom. The number of halogens is 2. The van der Waals surface area contributed by atoms with Crippen LogP contribution in [0.5, 0.6) is 0 Å². The van der Waals surface area contributed by atoms with E-state index in [2.05, 4.69) is 5.32 Å². The SMILES string of the molecule is CNCC1CCCN(C(=O)c2ccc(F)cc2[N+](=O)[O-])C1.Cl. The summed E-state index contributed by atoms with van der Waals surface area (Å²) in [5.41, 5.74) is -0.526. The maximum Gasteiger partial charge on any atom is 0.285 e. The Balaban J connectivity index is 0.00000242. The number of carbonyl (C=O) groups excluding carboxylic acids is 1. The fourth-order valence-electron chi connectivity index (χ4n) is 2.71. The summed E-state index contributed by atoms with van der Waals surface area (Å²) in [6.07, 6.45) is 1.89. The summed E-state index contributed by atoms with van der Waals surface area (Å²) in [6, 6.07) is 3.06. The number of likely N-dealkylation sites (tertiary alicyclic amines) is 1. The van der Waals surface area contributed by atoms with Gasteiger partial charge in [-0.15, -0.1) is 12.4 Å². The zero-order valence-electron chi connectivity index (χ0n) is 12.3. The molecule has 1 fully saturated rings. The van der Waals surface area contributed by atoms with Gasteiger partial charge in [0, 0.05) is 13.1 Å². The number of piperidine rings is 1. The predicted molar refractivity (Wildman–Crippen MR) is 82.9 cm³/mol. The third kappa shape index (κ3) is 4.14. The van der Waals surface area contributed by atoms with Gasteiger partial charge in [0.2, 0.25) is 0 Å². The van der Waals surface area contributed by atoms with Crippen LogP contribution in [0.4, 0.5) is 10.1 Å². The van der Waals surface area contributed by atoms with Crippen LogP contribution in [0, 0.1) is 21.8 Å². The van der Waals surface area contributed by atoms with E-state index in [1.54, 1.807) is 4.90 Å². The molecule has 1 heterocycles. The van der Waals surface area contributed by atoms with Crippen LogP contribution in [0.1, 0.15) is 23.2 Å². The van der Waals surface area contributed by atoms with Crippen molar-refractivity contribution in [1.82, 2.24) is 10.2 Å². The van der Waals surface area contributed by atoms with Crippen molar-refractivity contribution in [2.75, 3.05) is 26.7 Å². The van der Waals surface area contributed by atoms with Gasteiger partial charge < -0.3 is 10.2 Å². The van der Waals surface area contributed by atoms with Crippen LogP contribution in [-0.4, -0.2) is 42.4 Å². The number of nitrogens with one attached hydrogen (secondary N) is 1. The van der Waals surface area contributed by atoms with E-state index in [1.807, 2.05) is 7.05 Å². The van der Waals surface area contributed by atoms with Gasteiger partial charge in [0.25, 0.3) is 11.6 Å². The van der Waals surface area contributed by atoms with Gasteiger partial charge in [0.1, 0.15) is 11.4 Å². The molecule has 1 aliphatic heterocycles. The summed E-state index contributed by atoms with van der Waals surface area (Å²) < 4.78 is 13.1. The molecule has 1 atom stereocenters.